The molecule has 1 aliphatic heterocycles. The molecule has 1 aromatic rings. The van der Waals surface area contributed by atoms with Gasteiger partial charge in [0.25, 0.3) is 0 Å². The summed E-state index contributed by atoms with van der Waals surface area (Å²) in [6, 6.07) is 5.26. The Morgan fingerprint density at radius 3 is 2.58 bits per heavy atom. The number of hydrogen-bond acceptors (Lipinski definition) is 5. The summed E-state index contributed by atoms with van der Waals surface area (Å²) in [6.07, 6.45) is -1.46. The fourth-order valence-electron chi connectivity index (χ4n) is 2.05. The number of benzene rings is 1. The van der Waals surface area contributed by atoms with Gasteiger partial charge in [-0.05, 0) is 6.07 Å². The summed E-state index contributed by atoms with van der Waals surface area (Å²) in [6.45, 7) is 4.13. The highest BCUT2D eigenvalue weighted by molar-refractivity contribution is 5.85. The first-order valence-corrected chi connectivity index (χ1v) is 6.04. The van der Waals surface area contributed by atoms with Gasteiger partial charge in [-0.1, -0.05) is 12.1 Å². The molecule has 0 aromatic heterocycles. The lowest BCUT2D eigenvalue weighted by atomic mass is 10.1. The summed E-state index contributed by atoms with van der Waals surface area (Å²) in [4.78, 5) is 2.29. The van der Waals surface area contributed by atoms with Gasteiger partial charge in [-0.3, -0.25) is 4.90 Å². The van der Waals surface area contributed by atoms with Crippen LogP contribution in [-0.4, -0.2) is 48.5 Å². The predicted molar refractivity (Wildman–Crippen MR) is 73.5 cm³/mol. The topological polar surface area (TPSA) is 62.2 Å². The van der Waals surface area contributed by atoms with E-state index in [4.69, 9.17) is 19.7 Å². The van der Waals surface area contributed by atoms with Gasteiger partial charge in [0, 0.05) is 30.8 Å². The molecule has 6 heteroatoms. The molecule has 0 unspecified atom stereocenters. The fourth-order valence-corrected chi connectivity index (χ4v) is 2.05. The SMILES string of the molecule is COc1cc(C(O)O)ccc1CN1CCOCC1.Cl. The monoisotopic (exact) mass is 289 g/mol. The molecular formula is C13H20ClNO4. The molecule has 2 rings (SSSR count). The van der Waals surface area contributed by atoms with Crippen LogP contribution < -0.4 is 4.74 Å². The van der Waals surface area contributed by atoms with Crippen molar-refractivity contribution in [3.63, 3.8) is 0 Å². The zero-order valence-corrected chi connectivity index (χ0v) is 11.7. The van der Waals surface area contributed by atoms with Gasteiger partial charge in [-0.25, -0.2) is 0 Å². The molecule has 0 atom stereocenters. The quantitative estimate of drug-likeness (QED) is 0.808. The summed E-state index contributed by atoms with van der Waals surface area (Å²) in [5.41, 5.74) is 1.49. The second kappa shape index (κ2) is 7.67. The minimum atomic E-state index is -1.46. The Morgan fingerprint density at radius 1 is 1.32 bits per heavy atom. The molecule has 2 N–H and O–H groups in total. The van der Waals surface area contributed by atoms with Crippen LogP contribution in [0.25, 0.3) is 0 Å². The fraction of sp³-hybridized carbons (Fsp3) is 0.538. The second-order valence-electron chi connectivity index (χ2n) is 4.33. The van der Waals surface area contributed by atoms with Gasteiger partial charge in [0.2, 0.25) is 0 Å². The Labute approximate surface area is 119 Å². The zero-order chi connectivity index (χ0) is 13.0. The molecule has 1 aliphatic rings. The van der Waals surface area contributed by atoms with Crippen molar-refractivity contribution in [3.05, 3.63) is 29.3 Å². The molecule has 1 aromatic carbocycles. The molecule has 0 amide bonds. The van der Waals surface area contributed by atoms with E-state index in [-0.39, 0.29) is 12.4 Å². The lowest BCUT2D eigenvalue weighted by molar-refractivity contribution is -0.0426. The molecule has 0 radical (unpaired) electrons. The predicted octanol–water partition coefficient (Wildman–Crippen LogP) is 0.932. The van der Waals surface area contributed by atoms with E-state index in [1.54, 1.807) is 19.2 Å². The van der Waals surface area contributed by atoms with Crippen LogP contribution in [0.15, 0.2) is 18.2 Å². The van der Waals surface area contributed by atoms with E-state index in [1.165, 1.54) is 0 Å². The van der Waals surface area contributed by atoms with Crippen molar-refractivity contribution in [2.75, 3.05) is 33.4 Å². The maximum absolute atomic E-state index is 9.13. The average Bonchev–Trinajstić information content (AvgIpc) is 2.40. The molecule has 0 saturated carbocycles. The van der Waals surface area contributed by atoms with E-state index >= 15 is 0 Å². The Bertz CT molecular complexity index is 394. The first-order valence-electron chi connectivity index (χ1n) is 6.04. The average molecular weight is 290 g/mol. The lowest BCUT2D eigenvalue weighted by Crippen LogP contribution is -2.35. The molecule has 5 nitrogen and oxygen atoms in total. The van der Waals surface area contributed by atoms with Crippen LogP contribution >= 0.6 is 12.4 Å². The highest BCUT2D eigenvalue weighted by Gasteiger charge is 2.14. The van der Waals surface area contributed by atoms with Gasteiger partial charge in [0.15, 0.2) is 6.29 Å². The van der Waals surface area contributed by atoms with Crippen molar-refractivity contribution in [2.24, 2.45) is 0 Å². The maximum atomic E-state index is 9.13. The maximum Gasteiger partial charge on any atom is 0.178 e. The molecular weight excluding hydrogens is 270 g/mol. The number of halogens is 1. The van der Waals surface area contributed by atoms with E-state index in [9.17, 15) is 0 Å². The Morgan fingerprint density at radius 2 is 2.00 bits per heavy atom. The highest BCUT2D eigenvalue weighted by atomic mass is 35.5. The van der Waals surface area contributed by atoms with Crippen LogP contribution in [0.1, 0.15) is 17.4 Å². The van der Waals surface area contributed by atoms with Crippen LogP contribution in [0.5, 0.6) is 5.75 Å². The van der Waals surface area contributed by atoms with Crippen molar-refractivity contribution in [1.29, 1.82) is 0 Å². The van der Waals surface area contributed by atoms with Crippen LogP contribution in [0.4, 0.5) is 0 Å². The van der Waals surface area contributed by atoms with Gasteiger partial charge in [0.05, 0.1) is 20.3 Å². The minimum Gasteiger partial charge on any atom is -0.496 e. The number of aliphatic hydroxyl groups is 2. The third-order valence-corrected chi connectivity index (χ3v) is 3.11. The summed E-state index contributed by atoms with van der Waals surface area (Å²) < 4.78 is 10.6. The van der Waals surface area contributed by atoms with E-state index in [0.717, 1.165) is 38.4 Å². The zero-order valence-electron chi connectivity index (χ0n) is 10.9. The number of methoxy groups -OCH3 is 1. The van der Waals surface area contributed by atoms with E-state index in [0.29, 0.717) is 11.3 Å². The Balaban J connectivity index is 0.00000180. The first kappa shape index (κ1) is 16.2. The van der Waals surface area contributed by atoms with Crippen molar-refractivity contribution >= 4 is 12.4 Å². The Hall–Kier alpha value is -0.850. The third kappa shape index (κ3) is 4.33. The number of aliphatic hydroxyl groups excluding tert-OH is 1. The summed E-state index contributed by atoms with van der Waals surface area (Å²) in [7, 11) is 1.59. The largest absolute Gasteiger partial charge is 0.496 e. The molecule has 19 heavy (non-hydrogen) atoms. The standard InChI is InChI=1S/C13H19NO4.ClH/c1-17-12-8-10(13(15)16)2-3-11(12)9-14-4-6-18-7-5-14;/h2-3,8,13,15-16H,4-7,9H2,1H3;1H. The molecule has 0 aliphatic carbocycles. The van der Waals surface area contributed by atoms with E-state index < -0.39 is 6.29 Å². The van der Waals surface area contributed by atoms with Gasteiger partial charge < -0.3 is 19.7 Å². The van der Waals surface area contributed by atoms with Crippen molar-refractivity contribution in [1.82, 2.24) is 4.90 Å². The lowest BCUT2D eigenvalue weighted by Gasteiger charge is -2.27. The summed E-state index contributed by atoms with van der Waals surface area (Å²) in [5.74, 6) is 0.687. The Kier molecular flexibility index (Phi) is 6.54. The summed E-state index contributed by atoms with van der Waals surface area (Å²) >= 11 is 0. The third-order valence-electron chi connectivity index (χ3n) is 3.11. The van der Waals surface area contributed by atoms with Gasteiger partial charge in [0.1, 0.15) is 5.75 Å². The van der Waals surface area contributed by atoms with Crippen LogP contribution in [0, 0.1) is 0 Å². The molecule has 1 fully saturated rings. The van der Waals surface area contributed by atoms with Crippen molar-refractivity contribution in [2.45, 2.75) is 12.8 Å². The van der Waals surface area contributed by atoms with Gasteiger partial charge in [-0.15, -0.1) is 12.4 Å². The van der Waals surface area contributed by atoms with Crippen LogP contribution in [0.3, 0.4) is 0 Å². The number of morpholine rings is 1. The first-order chi connectivity index (χ1) is 8.70. The van der Waals surface area contributed by atoms with E-state index in [1.807, 2.05) is 6.07 Å². The normalized spacial score (nSPS) is 16.2. The number of rotatable bonds is 4. The van der Waals surface area contributed by atoms with Crippen LogP contribution in [-0.2, 0) is 11.3 Å². The number of ether oxygens (including phenoxy) is 2. The minimum absolute atomic E-state index is 0. The smallest absolute Gasteiger partial charge is 0.178 e. The number of nitrogens with zero attached hydrogens (tertiary/aromatic N) is 1. The molecule has 108 valence electrons. The van der Waals surface area contributed by atoms with Crippen LogP contribution in [0.2, 0.25) is 0 Å². The summed E-state index contributed by atoms with van der Waals surface area (Å²) in [5, 5.41) is 18.3. The second-order valence-corrected chi connectivity index (χ2v) is 4.33. The molecule has 0 spiro atoms. The van der Waals surface area contributed by atoms with Crippen molar-refractivity contribution in [3.8, 4) is 5.75 Å². The van der Waals surface area contributed by atoms with Gasteiger partial charge in [-0.2, -0.15) is 0 Å². The highest BCUT2D eigenvalue weighted by Crippen LogP contribution is 2.24. The molecule has 0 bridgehead atoms. The van der Waals surface area contributed by atoms with E-state index in [2.05, 4.69) is 4.90 Å². The number of hydrogen-bond donors (Lipinski definition) is 2. The molecule has 1 saturated heterocycles. The van der Waals surface area contributed by atoms with Gasteiger partial charge >= 0.3 is 0 Å². The molecule has 1 heterocycles. The van der Waals surface area contributed by atoms with Crippen molar-refractivity contribution < 1.29 is 19.7 Å².